The molecule has 150 valence electrons. The molecule has 2 aromatic heterocycles. The van der Waals surface area contributed by atoms with Gasteiger partial charge in [0.15, 0.2) is 5.82 Å². The number of H-pyrrole nitrogens is 1. The van der Waals surface area contributed by atoms with Gasteiger partial charge in [-0.05, 0) is 37.5 Å². The van der Waals surface area contributed by atoms with Crippen LogP contribution in [0.15, 0.2) is 48.5 Å². The van der Waals surface area contributed by atoms with E-state index in [9.17, 15) is 4.79 Å². The number of carbonyl (C=O) groups excluding carboxylic acids is 1. The fourth-order valence-electron chi connectivity index (χ4n) is 3.80. The number of nitrogens with zero attached hydrogens (tertiary/aromatic N) is 5. The molecule has 0 spiro atoms. The molecular formula is C21H25N7O. The van der Waals surface area contributed by atoms with Crippen molar-refractivity contribution in [2.75, 3.05) is 24.5 Å². The van der Waals surface area contributed by atoms with Gasteiger partial charge in [-0.3, -0.25) is 4.79 Å². The monoisotopic (exact) mass is 391 g/mol. The lowest BCUT2D eigenvalue weighted by Crippen LogP contribution is -2.64. The molecule has 0 bridgehead atoms. The number of hydrogen-bond donors (Lipinski definition) is 2. The first kappa shape index (κ1) is 19.0. The molecule has 0 aliphatic carbocycles. The third kappa shape index (κ3) is 4.42. The van der Waals surface area contributed by atoms with Gasteiger partial charge in [-0.25, -0.2) is 4.98 Å². The van der Waals surface area contributed by atoms with Crippen LogP contribution in [0.2, 0.25) is 0 Å². The summed E-state index contributed by atoms with van der Waals surface area (Å²) < 4.78 is 0. The van der Waals surface area contributed by atoms with Crippen molar-refractivity contribution in [3.8, 4) is 0 Å². The molecule has 1 aliphatic rings. The Morgan fingerprint density at radius 1 is 1.17 bits per heavy atom. The highest BCUT2D eigenvalue weighted by atomic mass is 16.2. The number of nitrogens with one attached hydrogen (secondary N) is 2. The number of aromatic amines is 1. The number of hydrogen-bond acceptors (Lipinski definition) is 6. The maximum atomic E-state index is 13.1. The van der Waals surface area contributed by atoms with Gasteiger partial charge in [-0.2, -0.15) is 5.21 Å². The van der Waals surface area contributed by atoms with E-state index in [4.69, 9.17) is 0 Å². The Kier molecular flexibility index (Phi) is 5.50. The van der Waals surface area contributed by atoms with Gasteiger partial charge in [0.1, 0.15) is 5.82 Å². The lowest BCUT2D eigenvalue weighted by molar-refractivity contribution is -0.132. The van der Waals surface area contributed by atoms with Gasteiger partial charge in [0.25, 0.3) is 0 Å². The Balaban J connectivity index is 1.40. The number of rotatable bonds is 8. The van der Waals surface area contributed by atoms with Gasteiger partial charge in [0.05, 0.1) is 5.41 Å². The Morgan fingerprint density at radius 3 is 2.72 bits per heavy atom. The van der Waals surface area contributed by atoms with Gasteiger partial charge in [0.2, 0.25) is 5.91 Å². The third-order valence-corrected chi connectivity index (χ3v) is 5.30. The number of pyridine rings is 1. The Morgan fingerprint density at radius 2 is 2.00 bits per heavy atom. The molecule has 1 saturated heterocycles. The van der Waals surface area contributed by atoms with E-state index in [1.807, 2.05) is 43.3 Å². The predicted molar refractivity (Wildman–Crippen MR) is 109 cm³/mol. The maximum Gasteiger partial charge on any atom is 0.230 e. The molecule has 3 aromatic rings. The first-order valence-corrected chi connectivity index (χ1v) is 9.88. The van der Waals surface area contributed by atoms with Gasteiger partial charge in [-0.1, -0.05) is 41.6 Å². The molecule has 4 rings (SSSR count). The average Bonchev–Trinajstić information content (AvgIpc) is 3.22. The van der Waals surface area contributed by atoms with E-state index in [0.717, 1.165) is 17.9 Å². The zero-order chi connectivity index (χ0) is 20.1. The first-order chi connectivity index (χ1) is 14.1. The quantitative estimate of drug-likeness (QED) is 0.567. The second-order valence-corrected chi connectivity index (χ2v) is 7.62. The number of aryl methyl sites for hydroxylation is 2. The van der Waals surface area contributed by atoms with E-state index in [0.29, 0.717) is 38.3 Å². The van der Waals surface area contributed by atoms with Gasteiger partial charge in [0, 0.05) is 31.7 Å². The highest BCUT2D eigenvalue weighted by molar-refractivity contribution is 5.86. The van der Waals surface area contributed by atoms with Crippen LogP contribution in [-0.4, -0.2) is 51.1 Å². The number of aromatic nitrogens is 5. The van der Waals surface area contributed by atoms with Crippen LogP contribution in [0.25, 0.3) is 0 Å². The number of tetrazole rings is 1. The summed E-state index contributed by atoms with van der Waals surface area (Å²) in [4.78, 5) is 19.9. The van der Waals surface area contributed by atoms with E-state index in [2.05, 4.69) is 48.0 Å². The fraction of sp³-hybridized carbons (Fsp3) is 0.381. The maximum absolute atomic E-state index is 13.1. The molecule has 1 aromatic carbocycles. The van der Waals surface area contributed by atoms with E-state index < -0.39 is 5.41 Å². The van der Waals surface area contributed by atoms with Crippen molar-refractivity contribution in [1.29, 1.82) is 0 Å². The Labute approximate surface area is 169 Å². The van der Waals surface area contributed by atoms with Crippen molar-refractivity contribution in [1.82, 2.24) is 30.9 Å². The summed E-state index contributed by atoms with van der Waals surface area (Å²) in [5, 5.41) is 17.0. The molecule has 1 aliphatic heterocycles. The van der Waals surface area contributed by atoms with Crippen molar-refractivity contribution in [2.24, 2.45) is 5.41 Å². The molecule has 1 amide bonds. The van der Waals surface area contributed by atoms with Crippen LogP contribution in [0, 0.1) is 12.3 Å². The van der Waals surface area contributed by atoms with E-state index >= 15 is 0 Å². The number of anilines is 1. The average molecular weight is 391 g/mol. The van der Waals surface area contributed by atoms with Crippen molar-refractivity contribution in [3.05, 3.63) is 65.6 Å². The van der Waals surface area contributed by atoms with Crippen LogP contribution in [0.5, 0.6) is 0 Å². The van der Waals surface area contributed by atoms with Crippen molar-refractivity contribution >= 4 is 11.7 Å². The van der Waals surface area contributed by atoms with Crippen LogP contribution in [-0.2, 0) is 17.6 Å². The SMILES string of the molecule is Cc1cccc(N2CC(Cc3ccccc3)(C(=O)NCCCc3nn[nH]n3)C2)n1. The lowest BCUT2D eigenvalue weighted by Gasteiger charge is -2.49. The highest BCUT2D eigenvalue weighted by Gasteiger charge is 2.49. The smallest absolute Gasteiger partial charge is 0.230 e. The van der Waals surface area contributed by atoms with Gasteiger partial charge in [-0.15, -0.1) is 10.2 Å². The Hall–Kier alpha value is -3.29. The molecule has 3 heterocycles. The minimum atomic E-state index is -0.446. The highest BCUT2D eigenvalue weighted by Crippen LogP contribution is 2.37. The zero-order valence-corrected chi connectivity index (χ0v) is 16.5. The summed E-state index contributed by atoms with van der Waals surface area (Å²) in [6.45, 7) is 3.90. The molecule has 1 fully saturated rings. The van der Waals surface area contributed by atoms with Gasteiger partial charge < -0.3 is 10.2 Å². The van der Waals surface area contributed by atoms with Crippen LogP contribution in [0.1, 0.15) is 23.5 Å². The van der Waals surface area contributed by atoms with Crippen molar-refractivity contribution < 1.29 is 4.79 Å². The first-order valence-electron chi connectivity index (χ1n) is 9.88. The second kappa shape index (κ2) is 8.38. The topological polar surface area (TPSA) is 99.7 Å². The molecular weight excluding hydrogens is 366 g/mol. The molecule has 8 nitrogen and oxygen atoms in total. The lowest BCUT2D eigenvalue weighted by atomic mass is 9.73. The van der Waals surface area contributed by atoms with E-state index in [1.165, 1.54) is 5.56 Å². The summed E-state index contributed by atoms with van der Waals surface area (Å²) in [5.41, 5.74) is 1.71. The van der Waals surface area contributed by atoms with Crippen LogP contribution >= 0.6 is 0 Å². The van der Waals surface area contributed by atoms with Gasteiger partial charge >= 0.3 is 0 Å². The minimum Gasteiger partial charge on any atom is -0.355 e. The summed E-state index contributed by atoms with van der Waals surface area (Å²) in [5.74, 6) is 1.69. The van der Waals surface area contributed by atoms with Crippen LogP contribution in [0.3, 0.4) is 0 Å². The zero-order valence-electron chi connectivity index (χ0n) is 16.5. The summed E-state index contributed by atoms with van der Waals surface area (Å²) in [6.07, 6.45) is 2.17. The minimum absolute atomic E-state index is 0.0957. The van der Waals surface area contributed by atoms with Crippen LogP contribution < -0.4 is 10.2 Å². The fourth-order valence-corrected chi connectivity index (χ4v) is 3.80. The Bertz CT molecular complexity index is 937. The number of carbonyl (C=O) groups is 1. The van der Waals surface area contributed by atoms with E-state index in [1.54, 1.807) is 0 Å². The normalized spacial score (nSPS) is 15.0. The number of amides is 1. The molecule has 0 unspecified atom stereocenters. The van der Waals surface area contributed by atoms with Crippen LogP contribution in [0.4, 0.5) is 5.82 Å². The molecule has 2 N–H and O–H groups in total. The second-order valence-electron chi connectivity index (χ2n) is 7.62. The van der Waals surface area contributed by atoms with E-state index in [-0.39, 0.29) is 5.91 Å². The predicted octanol–water partition coefficient (Wildman–Crippen LogP) is 1.70. The summed E-state index contributed by atoms with van der Waals surface area (Å²) in [7, 11) is 0. The summed E-state index contributed by atoms with van der Waals surface area (Å²) >= 11 is 0. The third-order valence-electron chi connectivity index (χ3n) is 5.30. The molecule has 0 atom stereocenters. The van der Waals surface area contributed by atoms with Crippen molar-refractivity contribution in [3.63, 3.8) is 0 Å². The molecule has 29 heavy (non-hydrogen) atoms. The van der Waals surface area contributed by atoms with Crippen molar-refractivity contribution in [2.45, 2.75) is 26.2 Å². The molecule has 0 saturated carbocycles. The number of benzene rings is 1. The standard InChI is InChI=1S/C21H25N7O/c1-16-7-5-11-19(23-16)28-14-21(15-28,13-17-8-3-2-4-9-17)20(29)22-12-6-10-18-24-26-27-25-18/h2-5,7-9,11H,6,10,12-15H2,1H3,(H,22,29)(H,24,25,26,27). The molecule has 8 heteroatoms. The summed E-state index contributed by atoms with van der Waals surface area (Å²) in [6, 6.07) is 16.2. The molecule has 0 radical (unpaired) electrons. The largest absolute Gasteiger partial charge is 0.355 e.